The number of aliphatic hydroxyl groups excluding tert-OH is 2. The molecule has 0 aliphatic heterocycles. The molecule has 2 aliphatic carbocycles. The van der Waals surface area contributed by atoms with Crippen molar-refractivity contribution in [3.8, 4) is 0 Å². The zero-order chi connectivity index (χ0) is 34.7. The summed E-state index contributed by atoms with van der Waals surface area (Å²) in [5.74, 6) is -2.19. The first-order valence-electron chi connectivity index (χ1n) is 11.9. The second-order valence-electron chi connectivity index (χ2n) is 9.73. The van der Waals surface area contributed by atoms with Crippen molar-refractivity contribution in [1.82, 2.24) is 0 Å². The van der Waals surface area contributed by atoms with E-state index >= 15 is 0 Å². The monoisotopic (exact) mass is 804 g/mol. The Bertz CT molecular complexity index is 2140. The summed E-state index contributed by atoms with van der Waals surface area (Å²) in [6.45, 7) is 0. The van der Waals surface area contributed by atoms with E-state index in [1.165, 1.54) is 0 Å². The normalized spacial score (nSPS) is 22.1. The van der Waals surface area contributed by atoms with Gasteiger partial charge in [0.25, 0.3) is 0 Å². The zero-order valence-electron chi connectivity index (χ0n) is 24.2. The summed E-state index contributed by atoms with van der Waals surface area (Å²) in [6.07, 6.45) is -1.63. The van der Waals surface area contributed by atoms with Gasteiger partial charge in [-0.15, -0.1) is 0 Å². The van der Waals surface area contributed by atoms with Gasteiger partial charge in [-0.2, -0.15) is 20.5 Å². The van der Waals surface area contributed by atoms with Gasteiger partial charge in [0.15, 0.2) is 4.87 Å². The second-order valence-corrected chi connectivity index (χ2v) is 17.0. The summed E-state index contributed by atoms with van der Waals surface area (Å²) < 4.78 is 99.1. The molecule has 0 heterocycles. The summed E-state index contributed by atoms with van der Waals surface area (Å²) in [6, 6.07) is 5.64. The molecule has 2 unspecified atom stereocenters. The molecule has 0 fully saturated rings. The Kier molecular flexibility index (Phi) is 13.6. The van der Waals surface area contributed by atoms with E-state index in [0.29, 0.717) is 12.2 Å². The van der Waals surface area contributed by atoms with Gasteiger partial charge in [-0.3, -0.25) is 9.13 Å². The molecule has 6 N–H and O–H groups in total. The van der Waals surface area contributed by atoms with Crippen molar-refractivity contribution < 1.29 is 124 Å². The fraction of sp³-hybridized carbons (Fsp3) is 0.182. The third kappa shape index (κ3) is 8.96. The van der Waals surface area contributed by atoms with E-state index in [1.54, 1.807) is 0 Å². The SMILES string of the molecule is O=P(O)(O)c1cc(Cl)ccc1N=NC1(S(=O)(=O)[O-])C=C(O)C2=C(O)CC(N=Nc3ccc(Cl)cc3P(=O)(O)O)(S(=O)(=O)[O-])CC2=C1.[Na+].[Na+]. The molecular formula is C22H18Cl2N4Na2O14P2S2. The standard InChI is InChI=1S/C22H20Cl2N4O14P2S2.2Na/c23-12-1-3-14(18(5-12)43(31,32)33)25-27-21(45(37,38)39)7-11-8-22(46(40,41)42,10-17(30)20(11)16(29)9-21)28-26-15-4-2-13(24)6-19(15)44(34,35)36;;/h1-7,9,29-30H,8,10H2,(H2,31,32,33)(H2,34,35,36)(H,37,38,39)(H,40,41,42);;/q;2*+1/p-2. The molecule has 2 aliphatic rings. The zero-order valence-corrected chi connectivity index (χ0v) is 33.2. The van der Waals surface area contributed by atoms with Gasteiger partial charge in [-0.25, -0.2) is 16.8 Å². The fourth-order valence-corrected chi connectivity index (χ4v) is 7.85. The molecule has 248 valence electrons. The van der Waals surface area contributed by atoms with Crippen LogP contribution in [0.15, 0.2) is 91.7 Å². The van der Waals surface area contributed by atoms with E-state index < -0.39 is 103 Å². The first-order valence-corrected chi connectivity index (χ1v) is 18.7. The third-order valence-electron chi connectivity index (χ3n) is 6.52. The van der Waals surface area contributed by atoms with E-state index in [-0.39, 0.29) is 69.2 Å². The van der Waals surface area contributed by atoms with Crippen LogP contribution in [-0.4, -0.2) is 65.5 Å². The maximum absolute atomic E-state index is 12.6. The molecule has 0 saturated heterocycles. The Morgan fingerprint density at radius 1 is 0.729 bits per heavy atom. The van der Waals surface area contributed by atoms with Gasteiger partial charge in [0.2, 0.25) is 4.87 Å². The molecule has 0 amide bonds. The number of azo groups is 2. The third-order valence-corrected chi connectivity index (χ3v) is 11.4. The van der Waals surface area contributed by atoms with E-state index in [0.717, 1.165) is 36.4 Å². The summed E-state index contributed by atoms with van der Waals surface area (Å²) in [7, 11) is -21.7. The average Bonchev–Trinajstić information content (AvgIpc) is 2.89. The van der Waals surface area contributed by atoms with Crippen molar-refractivity contribution in [2.45, 2.75) is 22.6 Å². The molecule has 48 heavy (non-hydrogen) atoms. The smallest absolute Gasteiger partial charge is 0.746 e. The number of fused-ring (bicyclic) bond motifs is 1. The summed E-state index contributed by atoms with van der Waals surface area (Å²) in [4.78, 5) is 32.3. The van der Waals surface area contributed by atoms with E-state index in [4.69, 9.17) is 23.2 Å². The largest absolute Gasteiger partial charge is 1.00 e. The quantitative estimate of drug-likeness (QED) is 0.0669. The van der Waals surface area contributed by atoms with Crippen molar-refractivity contribution in [1.29, 1.82) is 0 Å². The molecule has 0 saturated carbocycles. The van der Waals surface area contributed by atoms with Crippen molar-refractivity contribution in [2.24, 2.45) is 20.5 Å². The first-order chi connectivity index (χ1) is 20.9. The second kappa shape index (κ2) is 15.0. The van der Waals surface area contributed by atoms with Crippen LogP contribution in [0, 0.1) is 0 Å². The average molecular weight is 805 g/mol. The van der Waals surface area contributed by atoms with Crippen LogP contribution in [0.25, 0.3) is 0 Å². The van der Waals surface area contributed by atoms with Crippen LogP contribution >= 0.6 is 38.4 Å². The van der Waals surface area contributed by atoms with E-state index in [9.17, 15) is 64.9 Å². The van der Waals surface area contributed by atoms with Crippen molar-refractivity contribution in [2.75, 3.05) is 0 Å². The van der Waals surface area contributed by atoms with Gasteiger partial charge in [-0.05, 0) is 48.0 Å². The van der Waals surface area contributed by atoms with Gasteiger partial charge in [-0.1, -0.05) is 23.2 Å². The van der Waals surface area contributed by atoms with E-state index in [2.05, 4.69) is 20.5 Å². The van der Waals surface area contributed by atoms with Crippen LogP contribution in [0.5, 0.6) is 0 Å². The summed E-state index contributed by atoms with van der Waals surface area (Å²) in [5.41, 5.74) is -2.61. The topological polar surface area (TPSA) is 319 Å². The van der Waals surface area contributed by atoms with Gasteiger partial charge < -0.3 is 38.9 Å². The van der Waals surface area contributed by atoms with Crippen LogP contribution in [0.1, 0.15) is 12.8 Å². The van der Waals surface area contributed by atoms with Gasteiger partial charge >= 0.3 is 74.3 Å². The number of allylic oxidation sites excluding steroid dienone is 1. The number of nitrogens with zero attached hydrogens (tertiary/aromatic N) is 4. The number of aliphatic hydroxyl groups is 2. The Hall–Kier alpha value is -0.840. The summed E-state index contributed by atoms with van der Waals surface area (Å²) >= 11 is 11.5. The Balaban J connectivity index is 0.00000400. The molecule has 0 bridgehead atoms. The van der Waals surface area contributed by atoms with Crippen LogP contribution in [0.2, 0.25) is 10.0 Å². The fourth-order valence-electron chi connectivity index (χ4n) is 4.43. The van der Waals surface area contributed by atoms with Crippen molar-refractivity contribution in [3.63, 3.8) is 0 Å². The van der Waals surface area contributed by atoms with Crippen molar-refractivity contribution >= 4 is 80.6 Å². The number of hydrogen-bond acceptors (Lipinski definition) is 14. The molecule has 2 aromatic carbocycles. The predicted octanol–water partition coefficient (Wildman–Crippen LogP) is -3.05. The minimum absolute atomic E-state index is 0. The molecule has 2 atom stereocenters. The number of halogens is 2. The molecule has 4 rings (SSSR count). The maximum atomic E-state index is 12.6. The van der Waals surface area contributed by atoms with E-state index in [1.807, 2.05) is 0 Å². The van der Waals surface area contributed by atoms with Gasteiger partial charge in [0.05, 0.1) is 16.2 Å². The molecule has 2 aromatic rings. The molecule has 26 heteroatoms. The molecule has 0 aromatic heterocycles. The predicted molar refractivity (Wildman–Crippen MR) is 158 cm³/mol. The molecule has 18 nitrogen and oxygen atoms in total. The molecule has 0 radical (unpaired) electrons. The van der Waals surface area contributed by atoms with Crippen LogP contribution in [-0.2, 0) is 29.4 Å². The van der Waals surface area contributed by atoms with Gasteiger partial charge in [0, 0.05) is 29.0 Å². The molecule has 0 spiro atoms. The minimum Gasteiger partial charge on any atom is -0.746 e. The number of benzene rings is 2. The maximum Gasteiger partial charge on any atom is 1.00 e. The van der Waals surface area contributed by atoms with Crippen molar-refractivity contribution in [3.05, 3.63) is 81.3 Å². The molecular weight excluding hydrogens is 787 g/mol. The number of hydrogen-bond donors (Lipinski definition) is 6. The Morgan fingerprint density at radius 2 is 1.19 bits per heavy atom. The van der Waals surface area contributed by atoms with Gasteiger partial charge in [0.1, 0.15) is 43.1 Å². The van der Waals surface area contributed by atoms with Crippen LogP contribution in [0.4, 0.5) is 11.4 Å². The minimum atomic E-state index is -5.80. The number of rotatable bonds is 8. The van der Waals surface area contributed by atoms with Crippen LogP contribution < -0.4 is 69.7 Å². The van der Waals surface area contributed by atoms with Crippen LogP contribution in [0.3, 0.4) is 0 Å². The Morgan fingerprint density at radius 3 is 1.60 bits per heavy atom. The summed E-state index contributed by atoms with van der Waals surface area (Å²) in [5, 5.41) is 33.4. The Labute approximate surface area is 325 Å². The first kappa shape index (κ1) is 43.3.